The molecule has 6 nitrogen and oxygen atoms in total. The predicted molar refractivity (Wildman–Crippen MR) is 384 cm³/mol. The number of esters is 1. The van der Waals surface area contributed by atoms with Crippen LogP contribution in [0.25, 0.3) is 0 Å². The van der Waals surface area contributed by atoms with Crippen LogP contribution in [0.15, 0.2) is 24.3 Å². The zero-order chi connectivity index (χ0) is 62.8. The van der Waals surface area contributed by atoms with Crippen molar-refractivity contribution in [2.24, 2.45) is 0 Å². The number of unbranched alkanes of at least 4 members (excludes halogenated alkanes) is 61. The molecule has 6 heteroatoms. The van der Waals surface area contributed by atoms with Crippen molar-refractivity contribution in [2.75, 3.05) is 13.2 Å². The molecule has 0 fully saturated rings. The molecule has 0 aliphatic heterocycles. The molecule has 1 amide bonds. The smallest absolute Gasteiger partial charge is 0.305 e. The summed E-state index contributed by atoms with van der Waals surface area (Å²) in [4.78, 5) is 24.6. The van der Waals surface area contributed by atoms with Crippen molar-refractivity contribution < 1.29 is 24.5 Å². The molecule has 0 aliphatic carbocycles. The van der Waals surface area contributed by atoms with Crippen LogP contribution in [0.4, 0.5) is 0 Å². The van der Waals surface area contributed by atoms with Crippen LogP contribution in [-0.4, -0.2) is 47.4 Å². The van der Waals surface area contributed by atoms with Crippen molar-refractivity contribution in [3.8, 4) is 0 Å². The van der Waals surface area contributed by atoms with Crippen molar-refractivity contribution in [2.45, 2.75) is 469 Å². The van der Waals surface area contributed by atoms with E-state index < -0.39 is 12.1 Å². The molecular weight excluding hydrogens is 1070 g/mol. The summed E-state index contributed by atoms with van der Waals surface area (Å²) in [6.45, 7) is 4.94. The van der Waals surface area contributed by atoms with Crippen molar-refractivity contribution in [1.29, 1.82) is 0 Å². The molecule has 0 saturated heterocycles. The number of allylic oxidation sites excluding steroid dienone is 4. The van der Waals surface area contributed by atoms with E-state index >= 15 is 0 Å². The molecule has 0 aliphatic rings. The van der Waals surface area contributed by atoms with Crippen LogP contribution in [0.5, 0.6) is 0 Å². The molecule has 0 radical (unpaired) electrons. The fraction of sp³-hybridized carbons (Fsp3) is 0.926. The number of aliphatic hydroxyl groups excluding tert-OH is 2. The molecule has 0 bridgehead atoms. The van der Waals surface area contributed by atoms with E-state index in [0.29, 0.717) is 25.9 Å². The Labute approximate surface area is 545 Å². The summed E-state index contributed by atoms with van der Waals surface area (Å²) >= 11 is 0. The average Bonchev–Trinajstić information content (AvgIpc) is 3.54. The van der Waals surface area contributed by atoms with Gasteiger partial charge in [-0.1, -0.05) is 417 Å². The van der Waals surface area contributed by atoms with E-state index in [1.54, 1.807) is 0 Å². The molecule has 3 N–H and O–H groups in total. The van der Waals surface area contributed by atoms with Gasteiger partial charge >= 0.3 is 5.97 Å². The first-order valence-corrected chi connectivity index (χ1v) is 40.1. The molecule has 2 unspecified atom stereocenters. The Balaban J connectivity index is 3.33. The summed E-state index contributed by atoms with van der Waals surface area (Å²) in [6.07, 6.45) is 98.5. The molecule has 87 heavy (non-hydrogen) atoms. The van der Waals surface area contributed by atoms with Crippen LogP contribution in [0.3, 0.4) is 0 Å². The van der Waals surface area contributed by atoms with E-state index in [2.05, 4.69) is 43.5 Å². The fourth-order valence-electron chi connectivity index (χ4n) is 12.9. The van der Waals surface area contributed by atoms with Gasteiger partial charge in [-0.05, 0) is 51.4 Å². The lowest BCUT2D eigenvalue weighted by molar-refractivity contribution is -0.143. The third-order valence-electron chi connectivity index (χ3n) is 19.0. The van der Waals surface area contributed by atoms with E-state index in [9.17, 15) is 19.8 Å². The van der Waals surface area contributed by atoms with Gasteiger partial charge in [0.05, 0.1) is 25.4 Å². The van der Waals surface area contributed by atoms with Gasteiger partial charge in [-0.3, -0.25) is 9.59 Å². The van der Waals surface area contributed by atoms with Crippen LogP contribution in [0.1, 0.15) is 457 Å². The predicted octanol–water partition coefficient (Wildman–Crippen LogP) is 26.4. The number of aliphatic hydroxyl groups is 2. The van der Waals surface area contributed by atoms with E-state index in [1.165, 1.54) is 372 Å². The summed E-state index contributed by atoms with van der Waals surface area (Å²) in [5, 5.41) is 23.5. The van der Waals surface area contributed by atoms with Gasteiger partial charge in [0, 0.05) is 12.8 Å². The maximum Gasteiger partial charge on any atom is 0.305 e. The number of ether oxygens (including phenoxy) is 1. The quantitative estimate of drug-likeness (QED) is 0.0320. The number of rotatable bonds is 76. The number of nitrogens with one attached hydrogen (secondary N) is 1. The molecule has 0 rings (SSSR count). The second-order valence-electron chi connectivity index (χ2n) is 27.8. The number of hydrogen-bond donors (Lipinski definition) is 3. The first-order chi connectivity index (χ1) is 43.0. The van der Waals surface area contributed by atoms with E-state index in [0.717, 1.165) is 51.4 Å². The van der Waals surface area contributed by atoms with E-state index in [-0.39, 0.29) is 18.5 Å². The van der Waals surface area contributed by atoms with Crippen molar-refractivity contribution in [3.05, 3.63) is 24.3 Å². The van der Waals surface area contributed by atoms with Gasteiger partial charge in [0.25, 0.3) is 0 Å². The summed E-state index contributed by atoms with van der Waals surface area (Å²) in [5.74, 6) is -0.0177. The molecule has 0 aromatic heterocycles. The minimum atomic E-state index is -0.663. The zero-order valence-corrected chi connectivity index (χ0v) is 59.3. The molecular formula is C81H157NO5. The number of amides is 1. The Morgan fingerprint density at radius 1 is 0.322 bits per heavy atom. The van der Waals surface area contributed by atoms with Gasteiger partial charge in [0.15, 0.2) is 0 Å². The lowest BCUT2D eigenvalue weighted by Gasteiger charge is -2.22. The van der Waals surface area contributed by atoms with Gasteiger partial charge < -0.3 is 20.3 Å². The standard InChI is InChI=1S/C81H157NO5/c1-3-5-7-9-11-13-15-17-18-19-20-21-22-31-34-37-40-43-46-50-53-57-61-65-69-73-79(84)78(77-83)82-80(85)74-70-66-62-58-54-51-47-44-41-38-35-32-29-27-25-23-24-26-28-30-33-36-39-42-45-48-52-56-60-64-68-72-76-87-81(86)75-71-67-63-59-55-49-16-14-12-10-8-6-4-2/h8,10,14,16,78-79,83-84H,3-7,9,11-13,15,17-77H2,1-2H3,(H,82,85)/b10-8-,16-14-. The minimum absolute atomic E-state index is 0.00673. The van der Waals surface area contributed by atoms with Crippen LogP contribution < -0.4 is 5.32 Å². The number of carbonyl (C=O) groups excluding carboxylic acids is 2. The van der Waals surface area contributed by atoms with Gasteiger partial charge in [0.1, 0.15) is 0 Å². The van der Waals surface area contributed by atoms with Gasteiger partial charge in [-0.2, -0.15) is 0 Å². The van der Waals surface area contributed by atoms with Crippen LogP contribution in [-0.2, 0) is 14.3 Å². The number of hydrogen-bond acceptors (Lipinski definition) is 5. The highest BCUT2D eigenvalue weighted by Crippen LogP contribution is 2.20. The second kappa shape index (κ2) is 76.8. The normalized spacial score (nSPS) is 12.6. The largest absolute Gasteiger partial charge is 0.466 e. The Bertz CT molecular complexity index is 1360. The Morgan fingerprint density at radius 3 is 0.920 bits per heavy atom. The summed E-state index contributed by atoms with van der Waals surface area (Å²) in [5.41, 5.74) is 0. The molecule has 0 heterocycles. The first-order valence-electron chi connectivity index (χ1n) is 40.1. The molecule has 0 aromatic carbocycles. The maximum absolute atomic E-state index is 12.6. The summed E-state index contributed by atoms with van der Waals surface area (Å²) in [6, 6.07) is -0.539. The lowest BCUT2D eigenvalue weighted by Crippen LogP contribution is -2.45. The van der Waals surface area contributed by atoms with Crippen molar-refractivity contribution >= 4 is 11.9 Å². The molecule has 0 spiro atoms. The lowest BCUT2D eigenvalue weighted by atomic mass is 10.0. The van der Waals surface area contributed by atoms with Crippen LogP contribution in [0, 0.1) is 0 Å². The summed E-state index contributed by atoms with van der Waals surface area (Å²) < 4.78 is 5.48. The Kier molecular flexibility index (Phi) is 75.3. The van der Waals surface area contributed by atoms with E-state index in [4.69, 9.17) is 4.74 Å². The van der Waals surface area contributed by atoms with Crippen molar-refractivity contribution in [3.63, 3.8) is 0 Å². The molecule has 516 valence electrons. The topological polar surface area (TPSA) is 95.9 Å². The Hall–Kier alpha value is -1.66. The number of carbonyl (C=O) groups is 2. The van der Waals surface area contributed by atoms with Gasteiger partial charge in [-0.25, -0.2) is 0 Å². The maximum atomic E-state index is 12.6. The van der Waals surface area contributed by atoms with Gasteiger partial charge in [-0.15, -0.1) is 0 Å². The third kappa shape index (κ3) is 73.3. The first kappa shape index (κ1) is 85.3. The third-order valence-corrected chi connectivity index (χ3v) is 19.0. The Morgan fingerprint density at radius 2 is 0.598 bits per heavy atom. The molecule has 0 saturated carbocycles. The molecule has 0 aromatic rings. The highest BCUT2D eigenvalue weighted by Gasteiger charge is 2.20. The van der Waals surface area contributed by atoms with Crippen LogP contribution >= 0.6 is 0 Å². The van der Waals surface area contributed by atoms with Crippen molar-refractivity contribution in [1.82, 2.24) is 5.32 Å². The van der Waals surface area contributed by atoms with Crippen LogP contribution in [0.2, 0.25) is 0 Å². The zero-order valence-electron chi connectivity index (χ0n) is 59.3. The van der Waals surface area contributed by atoms with Gasteiger partial charge in [0.2, 0.25) is 5.91 Å². The fourth-order valence-corrected chi connectivity index (χ4v) is 12.9. The minimum Gasteiger partial charge on any atom is -0.466 e. The average molecular weight is 1230 g/mol. The SMILES string of the molecule is CCC/C=C\C/C=C\CCCCCCCC(=O)OCCCCCCCCCCCCCCCCCCCCCCCCCCCCCCCCCCC(=O)NC(CO)C(O)CCCCCCCCCCCCCCCCCCCCCCCCCCC. The monoisotopic (exact) mass is 1220 g/mol. The second-order valence-corrected chi connectivity index (χ2v) is 27.8. The highest BCUT2D eigenvalue weighted by molar-refractivity contribution is 5.76. The highest BCUT2D eigenvalue weighted by atomic mass is 16.5. The molecule has 2 atom stereocenters. The summed E-state index contributed by atoms with van der Waals surface area (Å²) in [7, 11) is 0. The van der Waals surface area contributed by atoms with E-state index in [1.807, 2.05) is 0 Å².